The second kappa shape index (κ2) is 4.03. The molecule has 1 heterocycles. The van der Waals surface area contributed by atoms with Crippen molar-refractivity contribution in [3.63, 3.8) is 0 Å². The van der Waals surface area contributed by atoms with Gasteiger partial charge in [-0.15, -0.1) is 0 Å². The standard InChI is InChI=1S/C13H15N3O3/c1-2-15-11(14-13(7-8-13)12(15)17)9-3-5-10(6-4-9)16(18)19/h3-6,11,14H,2,7-8H2,1H3. The molecule has 1 aliphatic carbocycles. The summed E-state index contributed by atoms with van der Waals surface area (Å²) in [5, 5.41) is 14.0. The molecule has 1 saturated heterocycles. The van der Waals surface area contributed by atoms with E-state index in [9.17, 15) is 14.9 Å². The molecule has 0 radical (unpaired) electrons. The summed E-state index contributed by atoms with van der Waals surface area (Å²) in [7, 11) is 0. The van der Waals surface area contributed by atoms with E-state index < -0.39 is 4.92 Å². The number of amides is 1. The van der Waals surface area contributed by atoms with Crippen LogP contribution in [0.25, 0.3) is 0 Å². The Hall–Kier alpha value is -1.95. The first-order valence-electron chi connectivity index (χ1n) is 6.40. The number of nitro groups is 1. The molecule has 1 unspecified atom stereocenters. The van der Waals surface area contributed by atoms with Crippen LogP contribution in [0.2, 0.25) is 0 Å². The van der Waals surface area contributed by atoms with Gasteiger partial charge in [-0.25, -0.2) is 0 Å². The highest BCUT2D eigenvalue weighted by Gasteiger charge is 2.58. The van der Waals surface area contributed by atoms with Crippen LogP contribution in [0, 0.1) is 10.1 Å². The van der Waals surface area contributed by atoms with Crippen molar-refractivity contribution in [1.29, 1.82) is 0 Å². The lowest BCUT2D eigenvalue weighted by atomic mass is 10.1. The monoisotopic (exact) mass is 261 g/mol. The van der Waals surface area contributed by atoms with E-state index in [0.29, 0.717) is 6.54 Å². The number of nitrogens with zero attached hydrogens (tertiary/aromatic N) is 2. The van der Waals surface area contributed by atoms with E-state index in [1.54, 1.807) is 17.0 Å². The Kier molecular flexibility index (Phi) is 2.56. The van der Waals surface area contributed by atoms with Gasteiger partial charge in [0.15, 0.2) is 0 Å². The molecule has 0 aromatic heterocycles. The van der Waals surface area contributed by atoms with Crippen LogP contribution in [0.3, 0.4) is 0 Å². The molecule has 1 amide bonds. The molecule has 6 nitrogen and oxygen atoms in total. The Morgan fingerprint density at radius 2 is 2.05 bits per heavy atom. The maximum Gasteiger partial charge on any atom is 0.269 e. The van der Waals surface area contributed by atoms with Crippen LogP contribution in [0.4, 0.5) is 5.69 Å². The maximum absolute atomic E-state index is 12.2. The van der Waals surface area contributed by atoms with Crippen molar-refractivity contribution in [1.82, 2.24) is 10.2 Å². The predicted molar refractivity (Wildman–Crippen MR) is 68.3 cm³/mol. The van der Waals surface area contributed by atoms with Gasteiger partial charge in [-0.05, 0) is 37.5 Å². The third-order valence-corrected chi connectivity index (χ3v) is 3.91. The number of likely N-dealkylation sites (N-methyl/N-ethyl adjacent to an activating group) is 1. The molecule has 3 rings (SSSR count). The van der Waals surface area contributed by atoms with Crippen molar-refractivity contribution >= 4 is 11.6 Å². The number of carbonyl (C=O) groups is 1. The summed E-state index contributed by atoms with van der Waals surface area (Å²) in [5.74, 6) is 0.151. The zero-order valence-corrected chi connectivity index (χ0v) is 10.6. The first-order valence-corrected chi connectivity index (χ1v) is 6.40. The molecule has 100 valence electrons. The Labute approximate surface area is 110 Å². The van der Waals surface area contributed by atoms with Gasteiger partial charge in [0.05, 0.1) is 4.92 Å². The number of carbonyl (C=O) groups excluding carboxylic acids is 1. The van der Waals surface area contributed by atoms with Gasteiger partial charge in [-0.2, -0.15) is 0 Å². The number of rotatable bonds is 3. The summed E-state index contributed by atoms with van der Waals surface area (Å²) < 4.78 is 0. The van der Waals surface area contributed by atoms with Crippen LogP contribution < -0.4 is 5.32 Å². The molecule has 0 bridgehead atoms. The normalized spacial score (nSPS) is 23.9. The van der Waals surface area contributed by atoms with Crippen molar-refractivity contribution in [2.45, 2.75) is 31.5 Å². The van der Waals surface area contributed by atoms with Gasteiger partial charge in [0.1, 0.15) is 11.7 Å². The van der Waals surface area contributed by atoms with Crippen LogP contribution in [0.1, 0.15) is 31.5 Å². The van der Waals surface area contributed by atoms with E-state index in [1.165, 1.54) is 12.1 Å². The Bertz CT molecular complexity index is 537. The van der Waals surface area contributed by atoms with Gasteiger partial charge >= 0.3 is 0 Å². The van der Waals surface area contributed by atoms with Gasteiger partial charge in [0.25, 0.3) is 5.69 Å². The number of hydrogen-bond donors (Lipinski definition) is 1. The average molecular weight is 261 g/mol. The molecule has 1 aromatic rings. The largest absolute Gasteiger partial charge is 0.322 e. The summed E-state index contributed by atoms with van der Waals surface area (Å²) in [6.07, 6.45) is 1.60. The number of nitro benzene ring substituents is 1. The van der Waals surface area contributed by atoms with Crippen LogP contribution >= 0.6 is 0 Å². The minimum atomic E-state index is -0.420. The van der Waals surface area contributed by atoms with Gasteiger partial charge in [-0.3, -0.25) is 20.2 Å². The molecule has 1 aromatic carbocycles. The molecule has 6 heteroatoms. The molecule has 1 saturated carbocycles. The highest BCUT2D eigenvalue weighted by Crippen LogP contribution is 2.45. The van der Waals surface area contributed by atoms with Crippen molar-refractivity contribution in [2.24, 2.45) is 0 Å². The fourth-order valence-corrected chi connectivity index (χ4v) is 2.64. The zero-order valence-electron chi connectivity index (χ0n) is 10.6. The van der Waals surface area contributed by atoms with E-state index in [1.807, 2.05) is 6.92 Å². The van der Waals surface area contributed by atoms with Crippen molar-refractivity contribution < 1.29 is 9.72 Å². The molecule has 2 aliphatic rings. The van der Waals surface area contributed by atoms with Gasteiger partial charge in [0.2, 0.25) is 5.91 Å². The molecule has 1 N–H and O–H groups in total. The number of benzene rings is 1. The highest BCUT2D eigenvalue weighted by atomic mass is 16.6. The lowest BCUT2D eigenvalue weighted by Gasteiger charge is -2.22. The third kappa shape index (κ3) is 1.79. The number of hydrogen-bond acceptors (Lipinski definition) is 4. The van der Waals surface area contributed by atoms with Crippen LogP contribution in [0.5, 0.6) is 0 Å². The minimum Gasteiger partial charge on any atom is -0.322 e. The average Bonchev–Trinajstić information content (AvgIpc) is 3.13. The first-order chi connectivity index (χ1) is 9.07. The quantitative estimate of drug-likeness (QED) is 0.662. The van der Waals surface area contributed by atoms with Crippen molar-refractivity contribution in [3.05, 3.63) is 39.9 Å². The van der Waals surface area contributed by atoms with E-state index >= 15 is 0 Å². The second-order valence-corrected chi connectivity index (χ2v) is 5.07. The van der Waals surface area contributed by atoms with Crippen molar-refractivity contribution in [2.75, 3.05) is 6.54 Å². The lowest BCUT2D eigenvalue weighted by Crippen LogP contribution is -2.32. The highest BCUT2D eigenvalue weighted by molar-refractivity contribution is 5.92. The predicted octanol–water partition coefficient (Wildman–Crippen LogP) is 1.58. The first kappa shape index (κ1) is 12.1. The molecule has 1 atom stereocenters. The summed E-state index contributed by atoms with van der Waals surface area (Å²) in [6, 6.07) is 6.39. The SMILES string of the molecule is CCN1C(=O)C2(CC2)NC1c1ccc([N+](=O)[O-])cc1. The van der Waals surface area contributed by atoms with E-state index in [4.69, 9.17) is 0 Å². The molecule has 2 fully saturated rings. The van der Waals surface area contributed by atoms with Gasteiger partial charge in [0, 0.05) is 18.7 Å². The molecule has 1 aliphatic heterocycles. The van der Waals surface area contributed by atoms with Gasteiger partial charge < -0.3 is 4.90 Å². The summed E-state index contributed by atoms with van der Waals surface area (Å²) in [5.41, 5.74) is 0.601. The molecule has 1 spiro atoms. The van der Waals surface area contributed by atoms with Crippen LogP contribution in [-0.4, -0.2) is 27.8 Å². The maximum atomic E-state index is 12.2. The Morgan fingerprint density at radius 1 is 1.42 bits per heavy atom. The van der Waals surface area contributed by atoms with Crippen molar-refractivity contribution in [3.8, 4) is 0 Å². The molecular weight excluding hydrogens is 246 g/mol. The Balaban J connectivity index is 1.89. The fourth-order valence-electron chi connectivity index (χ4n) is 2.64. The fraction of sp³-hybridized carbons (Fsp3) is 0.462. The number of nitrogens with one attached hydrogen (secondary N) is 1. The smallest absolute Gasteiger partial charge is 0.269 e. The Morgan fingerprint density at radius 3 is 2.53 bits per heavy atom. The van der Waals surface area contributed by atoms with Crippen LogP contribution in [-0.2, 0) is 4.79 Å². The number of non-ortho nitro benzene ring substituents is 1. The van der Waals surface area contributed by atoms with Gasteiger partial charge in [-0.1, -0.05) is 0 Å². The third-order valence-electron chi connectivity index (χ3n) is 3.91. The summed E-state index contributed by atoms with van der Waals surface area (Å²) in [4.78, 5) is 24.3. The molecular formula is C13H15N3O3. The van der Waals surface area contributed by atoms with E-state index in [0.717, 1.165) is 18.4 Å². The summed E-state index contributed by atoms with van der Waals surface area (Å²) in [6.45, 7) is 2.58. The minimum absolute atomic E-state index is 0.0669. The summed E-state index contributed by atoms with van der Waals surface area (Å²) >= 11 is 0. The van der Waals surface area contributed by atoms with E-state index in [2.05, 4.69) is 5.32 Å². The lowest BCUT2D eigenvalue weighted by molar-refractivity contribution is -0.384. The topological polar surface area (TPSA) is 75.5 Å². The second-order valence-electron chi connectivity index (χ2n) is 5.07. The van der Waals surface area contributed by atoms with E-state index in [-0.39, 0.29) is 23.3 Å². The van der Waals surface area contributed by atoms with Crippen LogP contribution in [0.15, 0.2) is 24.3 Å². The zero-order chi connectivity index (χ0) is 13.6. The molecule has 19 heavy (non-hydrogen) atoms.